The van der Waals surface area contributed by atoms with E-state index in [1.807, 2.05) is 5.32 Å². The molecule has 0 radical (unpaired) electrons. The molecule has 0 saturated heterocycles. The van der Waals surface area contributed by atoms with Crippen LogP contribution in [0.5, 0.6) is 5.75 Å². The highest BCUT2D eigenvalue weighted by Gasteiger charge is 2.27. The number of hydrogen-bond donors (Lipinski definition) is 3. The molecule has 0 aromatic heterocycles. The molecule has 1 aromatic carbocycles. The van der Waals surface area contributed by atoms with Gasteiger partial charge in [-0.2, -0.15) is 0 Å². The number of aromatic carboxylic acids is 1. The summed E-state index contributed by atoms with van der Waals surface area (Å²) in [6.45, 7) is 3.15. The molecule has 0 unspecified atom stereocenters. The number of anilines is 1. The Balaban J connectivity index is 3.26. The van der Waals surface area contributed by atoms with Crippen molar-refractivity contribution in [2.45, 2.75) is 0 Å². The number of carbonyl (C=O) groups is 2. The zero-order valence-corrected chi connectivity index (χ0v) is 10.0. The standard InChI is InChI=1S/C11H10N2O7/c1-2-5-20-11(17)12-9-7(14)4-3-6(13(18)19)8(9)10(15)16/h2-4,14H,1,5H2,(H,12,17)(H,15,16). The molecular formula is C11H10N2O7. The summed E-state index contributed by atoms with van der Waals surface area (Å²) in [5, 5.41) is 31.2. The van der Waals surface area contributed by atoms with Crippen molar-refractivity contribution in [1.82, 2.24) is 0 Å². The third-order valence-corrected chi connectivity index (χ3v) is 2.13. The monoisotopic (exact) mass is 282 g/mol. The maximum atomic E-state index is 11.3. The minimum Gasteiger partial charge on any atom is -0.506 e. The molecule has 0 atom stereocenters. The van der Waals surface area contributed by atoms with Gasteiger partial charge in [0.2, 0.25) is 0 Å². The van der Waals surface area contributed by atoms with Crippen molar-refractivity contribution in [3.05, 3.63) is 40.5 Å². The van der Waals surface area contributed by atoms with E-state index in [2.05, 4.69) is 11.3 Å². The highest BCUT2D eigenvalue weighted by atomic mass is 16.6. The second kappa shape index (κ2) is 6.18. The smallest absolute Gasteiger partial charge is 0.412 e. The Bertz CT molecular complexity index is 582. The van der Waals surface area contributed by atoms with E-state index in [-0.39, 0.29) is 6.61 Å². The second-order valence-corrected chi connectivity index (χ2v) is 3.43. The van der Waals surface area contributed by atoms with Crippen molar-refractivity contribution in [3.63, 3.8) is 0 Å². The lowest BCUT2D eigenvalue weighted by atomic mass is 10.1. The molecular weight excluding hydrogens is 272 g/mol. The molecule has 0 bridgehead atoms. The van der Waals surface area contributed by atoms with Crippen LogP contribution in [-0.4, -0.2) is 33.8 Å². The van der Waals surface area contributed by atoms with E-state index in [0.717, 1.165) is 12.1 Å². The highest BCUT2D eigenvalue weighted by Crippen LogP contribution is 2.34. The van der Waals surface area contributed by atoms with E-state index in [9.17, 15) is 24.8 Å². The highest BCUT2D eigenvalue weighted by molar-refractivity contribution is 6.04. The molecule has 0 heterocycles. The second-order valence-electron chi connectivity index (χ2n) is 3.43. The zero-order valence-electron chi connectivity index (χ0n) is 10.0. The van der Waals surface area contributed by atoms with Crippen molar-refractivity contribution in [3.8, 4) is 5.75 Å². The summed E-state index contributed by atoms with van der Waals surface area (Å²) in [4.78, 5) is 32.2. The predicted octanol–water partition coefficient (Wildman–Crippen LogP) is 1.73. The average Bonchev–Trinajstić information content (AvgIpc) is 2.37. The molecule has 0 spiro atoms. The number of nitrogens with one attached hydrogen (secondary N) is 1. The van der Waals surface area contributed by atoms with E-state index in [1.54, 1.807) is 0 Å². The van der Waals surface area contributed by atoms with Crippen LogP contribution in [0.4, 0.5) is 16.2 Å². The largest absolute Gasteiger partial charge is 0.506 e. The Labute approximate surface area is 112 Å². The third kappa shape index (κ3) is 3.22. The van der Waals surface area contributed by atoms with Gasteiger partial charge in [-0.15, -0.1) is 0 Å². The Hall–Kier alpha value is -3.10. The van der Waals surface area contributed by atoms with E-state index in [4.69, 9.17) is 5.11 Å². The first-order valence-electron chi connectivity index (χ1n) is 5.16. The van der Waals surface area contributed by atoms with Crippen molar-refractivity contribution in [2.24, 2.45) is 0 Å². The number of ether oxygens (including phenoxy) is 1. The number of rotatable bonds is 5. The Morgan fingerprint density at radius 3 is 2.65 bits per heavy atom. The van der Waals surface area contributed by atoms with Gasteiger partial charge in [0.1, 0.15) is 18.0 Å². The van der Waals surface area contributed by atoms with Crippen molar-refractivity contribution in [2.75, 3.05) is 11.9 Å². The van der Waals surface area contributed by atoms with Crippen LogP contribution in [0.15, 0.2) is 24.8 Å². The van der Waals surface area contributed by atoms with Gasteiger partial charge in [-0.05, 0) is 6.07 Å². The van der Waals surface area contributed by atoms with E-state index in [0.29, 0.717) is 0 Å². The van der Waals surface area contributed by atoms with Crippen LogP contribution in [-0.2, 0) is 4.74 Å². The van der Waals surface area contributed by atoms with Crippen molar-refractivity contribution < 1.29 is 29.5 Å². The maximum Gasteiger partial charge on any atom is 0.412 e. The van der Waals surface area contributed by atoms with E-state index < -0.39 is 39.7 Å². The number of hydrogen-bond acceptors (Lipinski definition) is 6. The average molecular weight is 282 g/mol. The van der Waals surface area contributed by atoms with Gasteiger partial charge in [0, 0.05) is 6.07 Å². The van der Waals surface area contributed by atoms with Gasteiger partial charge in [-0.1, -0.05) is 12.7 Å². The fourth-order valence-corrected chi connectivity index (χ4v) is 1.35. The number of phenols is 1. The predicted molar refractivity (Wildman–Crippen MR) is 66.9 cm³/mol. The first kappa shape index (κ1) is 15.0. The number of carboxylic acid groups (broad SMARTS) is 1. The van der Waals surface area contributed by atoms with Crippen LogP contribution in [0.3, 0.4) is 0 Å². The number of carboxylic acids is 1. The van der Waals surface area contributed by atoms with Gasteiger partial charge in [0.15, 0.2) is 5.56 Å². The molecule has 3 N–H and O–H groups in total. The number of amides is 1. The number of benzene rings is 1. The molecule has 0 aliphatic rings. The molecule has 20 heavy (non-hydrogen) atoms. The lowest BCUT2D eigenvalue weighted by Gasteiger charge is -2.10. The third-order valence-electron chi connectivity index (χ3n) is 2.13. The van der Waals surface area contributed by atoms with Crippen LogP contribution in [0.2, 0.25) is 0 Å². The van der Waals surface area contributed by atoms with Crippen LogP contribution in [0.25, 0.3) is 0 Å². The summed E-state index contributed by atoms with van der Waals surface area (Å²) in [7, 11) is 0. The fourth-order valence-electron chi connectivity index (χ4n) is 1.35. The van der Waals surface area contributed by atoms with Gasteiger partial charge < -0.3 is 14.9 Å². The van der Waals surface area contributed by atoms with Crippen LogP contribution in [0.1, 0.15) is 10.4 Å². The van der Waals surface area contributed by atoms with Crippen molar-refractivity contribution in [1.29, 1.82) is 0 Å². The Morgan fingerprint density at radius 1 is 1.50 bits per heavy atom. The molecule has 0 fully saturated rings. The minimum absolute atomic E-state index is 0.149. The van der Waals surface area contributed by atoms with E-state index in [1.165, 1.54) is 6.08 Å². The van der Waals surface area contributed by atoms with Gasteiger partial charge in [-0.3, -0.25) is 15.4 Å². The number of phenolic OH excluding ortho intramolecular Hbond substituents is 1. The van der Waals surface area contributed by atoms with Gasteiger partial charge in [-0.25, -0.2) is 9.59 Å². The fraction of sp³-hybridized carbons (Fsp3) is 0.0909. The molecule has 1 rings (SSSR count). The lowest BCUT2D eigenvalue weighted by Crippen LogP contribution is -2.17. The number of aromatic hydroxyl groups is 1. The lowest BCUT2D eigenvalue weighted by molar-refractivity contribution is -0.385. The van der Waals surface area contributed by atoms with E-state index >= 15 is 0 Å². The summed E-state index contributed by atoms with van der Waals surface area (Å²) < 4.78 is 4.54. The zero-order chi connectivity index (χ0) is 15.3. The number of nitro groups is 1. The molecule has 9 nitrogen and oxygen atoms in total. The topological polar surface area (TPSA) is 139 Å². The molecule has 0 saturated carbocycles. The SMILES string of the molecule is C=CCOC(=O)Nc1c(O)ccc([N+](=O)[O-])c1C(=O)O. The molecule has 0 aliphatic carbocycles. The summed E-state index contributed by atoms with van der Waals surface area (Å²) in [5.74, 6) is -2.31. The first-order valence-corrected chi connectivity index (χ1v) is 5.16. The summed E-state index contributed by atoms with van der Waals surface area (Å²) in [5.41, 5.74) is -2.22. The quantitative estimate of drug-likeness (QED) is 0.323. The Morgan fingerprint density at radius 2 is 2.15 bits per heavy atom. The summed E-state index contributed by atoms with van der Waals surface area (Å²) >= 11 is 0. The summed E-state index contributed by atoms with van der Waals surface area (Å²) in [6.07, 6.45) is 0.188. The molecule has 1 aromatic rings. The number of nitrogens with zero attached hydrogens (tertiary/aromatic N) is 1. The van der Waals surface area contributed by atoms with Gasteiger partial charge in [0.25, 0.3) is 5.69 Å². The first-order chi connectivity index (χ1) is 9.38. The maximum absolute atomic E-state index is 11.3. The normalized spacial score (nSPS) is 9.60. The molecule has 0 aliphatic heterocycles. The van der Waals surface area contributed by atoms with Crippen LogP contribution < -0.4 is 5.32 Å². The van der Waals surface area contributed by atoms with Crippen molar-refractivity contribution >= 4 is 23.4 Å². The minimum atomic E-state index is -1.67. The number of carbonyl (C=O) groups excluding carboxylic acids is 1. The van der Waals surface area contributed by atoms with Gasteiger partial charge in [0.05, 0.1) is 4.92 Å². The molecule has 106 valence electrons. The summed E-state index contributed by atoms with van der Waals surface area (Å²) in [6, 6.07) is 1.72. The Kier molecular flexibility index (Phi) is 4.62. The molecule has 1 amide bonds. The van der Waals surface area contributed by atoms with Gasteiger partial charge >= 0.3 is 12.1 Å². The molecule has 9 heteroatoms. The van der Waals surface area contributed by atoms with Crippen LogP contribution >= 0.6 is 0 Å². The number of nitro benzene ring substituents is 1. The van der Waals surface area contributed by atoms with Crippen LogP contribution in [0, 0.1) is 10.1 Å².